The molecule has 9 nitrogen and oxygen atoms in total. The van der Waals surface area contributed by atoms with Crippen LogP contribution in [-0.4, -0.2) is 94.6 Å². The first-order chi connectivity index (χ1) is 5.20. The molecule has 0 fully saturated rings. The molecule has 0 aliphatic rings. The second-order valence-electron chi connectivity index (χ2n) is 0.798. The summed E-state index contributed by atoms with van der Waals surface area (Å²) in [6.45, 7) is 0. The van der Waals surface area contributed by atoms with Crippen molar-refractivity contribution in [3.8, 4) is 0 Å². The van der Waals surface area contributed by atoms with Gasteiger partial charge in [0.05, 0.1) is 0 Å². The maximum absolute atomic E-state index is 8.44. The quantitative estimate of drug-likeness (QED) is 0.361. The maximum atomic E-state index is 8.44. The van der Waals surface area contributed by atoms with E-state index in [0.717, 1.165) is 0 Å². The van der Waals surface area contributed by atoms with Crippen LogP contribution in [0.15, 0.2) is 0 Å². The first-order valence-corrected chi connectivity index (χ1v) is 1.90. The number of hydrogen-bond acceptors (Lipinski definition) is 6. The Morgan fingerprint density at radius 2 is 0.800 bits per heavy atom. The Balaban J connectivity index is -0.0000000104. The molecule has 0 aromatic carbocycles. The zero-order valence-corrected chi connectivity index (χ0v) is 13.3. The van der Waals surface area contributed by atoms with Crippen LogP contribution in [0.1, 0.15) is 2.85 Å². The van der Waals surface area contributed by atoms with Crippen LogP contribution in [-0.2, 0) is 0 Å². The van der Waals surface area contributed by atoms with Gasteiger partial charge in [-0.3, -0.25) is 0 Å². The van der Waals surface area contributed by atoms with Crippen molar-refractivity contribution in [1.29, 1.82) is 0 Å². The number of carboxylic acid groups (broad SMARTS) is 6. The van der Waals surface area contributed by atoms with Gasteiger partial charge in [-0.2, -0.15) is 0 Å². The van der Waals surface area contributed by atoms with Gasteiger partial charge in [0.1, 0.15) is 0 Å². The van der Waals surface area contributed by atoms with E-state index < -0.39 is 18.5 Å². The Labute approximate surface area is 154 Å². The van der Waals surface area contributed by atoms with Crippen molar-refractivity contribution in [3.05, 3.63) is 0 Å². The molecule has 0 rings (SSSR count). The first kappa shape index (κ1) is 36.0. The fourth-order valence-corrected chi connectivity index (χ4v) is 0. The summed E-state index contributed by atoms with van der Waals surface area (Å²) < 4.78 is 0. The zero-order valence-electron chi connectivity index (χ0n) is 9.71. The summed E-state index contributed by atoms with van der Waals surface area (Å²) in [4.78, 5) is 25.3. The van der Waals surface area contributed by atoms with Crippen LogP contribution in [0.4, 0.5) is 14.4 Å². The average molecular weight is 272 g/mol. The molecule has 0 unspecified atom stereocenters. The Morgan fingerprint density at radius 3 is 0.800 bits per heavy atom. The molecule has 0 radical (unpaired) electrons. The van der Waals surface area contributed by atoms with Crippen LogP contribution >= 0.6 is 0 Å². The number of rotatable bonds is 0. The standard InChI is InChI=1S/3CH2O3.Ca.Mg.Na.2H/c3*2-1(3)4;;;;;/h3*(H2,2,3,4);;;;;/q;;;2*+2;+1;2*-1/p-3. The van der Waals surface area contributed by atoms with Crippen molar-refractivity contribution in [3.63, 3.8) is 0 Å². The van der Waals surface area contributed by atoms with Gasteiger partial charge in [-0.25, -0.2) is 0 Å². The Morgan fingerprint density at radius 1 is 0.800 bits per heavy atom. The van der Waals surface area contributed by atoms with Gasteiger partial charge in [0.25, 0.3) is 0 Å². The molecular weight excluding hydrogens is 267 g/mol. The molecule has 15 heavy (non-hydrogen) atoms. The van der Waals surface area contributed by atoms with E-state index in [1.165, 1.54) is 0 Å². The minimum Gasteiger partial charge on any atom is -1.00 e. The average Bonchev–Trinajstić information content (AvgIpc) is 1.54. The second kappa shape index (κ2) is 29.4. The first-order valence-electron chi connectivity index (χ1n) is 1.90. The normalized spacial score (nSPS) is 4.80. The van der Waals surface area contributed by atoms with Crippen LogP contribution in [0.2, 0.25) is 0 Å². The Bertz CT molecular complexity index is 132. The Kier molecular flexibility index (Phi) is 70.5. The molecule has 0 bridgehead atoms. The van der Waals surface area contributed by atoms with Gasteiger partial charge >= 0.3 is 90.3 Å². The van der Waals surface area contributed by atoms with Crippen molar-refractivity contribution < 1.29 is 77.4 Å². The predicted molar refractivity (Wildman–Crippen MR) is 37.8 cm³/mol. The molecule has 0 heterocycles. The topological polar surface area (TPSA) is 181 Å². The van der Waals surface area contributed by atoms with E-state index in [1.807, 2.05) is 0 Å². The van der Waals surface area contributed by atoms with E-state index in [4.69, 9.17) is 45.0 Å². The van der Waals surface area contributed by atoms with Gasteiger partial charge in [0, 0.05) is 0 Å². The maximum Gasteiger partial charge on any atom is 2.00 e. The summed E-state index contributed by atoms with van der Waals surface area (Å²) in [6.07, 6.45) is -6.25. The third-order valence-electron chi connectivity index (χ3n) is 0. The fourth-order valence-electron chi connectivity index (χ4n) is 0. The van der Waals surface area contributed by atoms with Crippen molar-refractivity contribution in [1.82, 2.24) is 0 Å². The molecule has 3 N–H and O–H groups in total. The zero-order chi connectivity index (χ0) is 10.7. The number of hydrogen-bond donors (Lipinski definition) is 3. The monoisotopic (exact) mass is 272 g/mol. The minimum atomic E-state index is -2.08. The predicted octanol–water partition coefficient (Wildman–Crippen LogP) is -6.87. The summed E-state index contributed by atoms with van der Waals surface area (Å²) in [5.41, 5.74) is 0. The van der Waals surface area contributed by atoms with Crippen molar-refractivity contribution >= 4 is 79.3 Å². The van der Waals surface area contributed by atoms with Crippen LogP contribution in [0.5, 0.6) is 0 Å². The van der Waals surface area contributed by atoms with Crippen LogP contribution in [0, 0.1) is 0 Å². The molecule has 0 aromatic rings. The molecule has 12 heteroatoms. The van der Waals surface area contributed by atoms with Crippen LogP contribution in [0.25, 0.3) is 0 Å². The summed E-state index contributed by atoms with van der Waals surface area (Å²) in [7, 11) is 0. The molecule has 0 aliphatic carbocycles. The van der Waals surface area contributed by atoms with Gasteiger partial charge in [-0.15, -0.1) is 0 Å². The molecule has 0 atom stereocenters. The number of carbonyl (C=O) groups is 3. The van der Waals surface area contributed by atoms with E-state index in [0.29, 0.717) is 0 Å². The van der Waals surface area contributed by atoms with Gasteiger partial charge in [0.2, 0.25) is 18.5 Å². The third-order valence-corrected chi connectivity index (χ3v) is 0. The van der Waals surface area contributed by atoms with Gasteiger partial charge in [-0.05, 0) is 0 Å². The molecule has 76 valence electrons. The van der Waals surface area contributed by atoms with Crippen molar-refractivity contribution in [2.24, 2.45) is 0 Å². The van der Waals surface area contributed by atoms with E-state index in [1.54, 1.807) is 0 Å². The molecule has 0 aliphatic heterocycles. The smallest absolute Gasteiger partial charge is 1.00 e. The molecule has 0 amide bonds. The largest absolute Gasteiger partial charge is 2.00 e. The SMILES string of the molecule is O=C([O-])O.O=C([O-])O.O=C([O-])O.[Ca+2].[H-].[H-].[Mg+2].[Na+]. The van der Waals surface area contributed by atoms with Gasteiger partial charge in [0.15, 0.2) is 0 Å². The molecule has 0 spiro atoms. The fraction of sp³-hybridized carbons (Fsp3) is 0. The van der Waals surface area contributed by atoms with Crippen molar-refractivity contribution in [2.45, 2.75) is 0 Å². The van der Waals surface area contributed by atoms with Gasteiger partial charge < -0.3 is 47.9 Å². The van der Waals surface area contributed by atoms with E-state index >= 15 is 0 Å². The molecule has 0 saturated heterocycles. The van der Waals surface area contributed by atoms with Crippen molar-refractivity contribution in [2.75, 3.05) is 0 Å². The van der Waals surface area contributed by atoms with E-state index in [9.17, 15) is 0 Å². The molecule has 0 aromatic heterocycles. The van der Waals surface area contributed by atoms with Gasteiger partial charge in [-0.1, -0.05) is 0 Å². The second-order valence-corrected chi connectivity index (χ2v) is 0.798. The Hall–Kier alpha value is 0.836. The summed E-state index contributed by atoms with van der Waals surface area (Å²) in [5, 5.41) is 45.9. The summed E-state index contributed by atoms with van der Waals surface area (Å²) in [5.74, 6) is 0. The van der Waals surface area contributed by atoms with Crippen LogP contribution in [0.3, 0.4) is 0 Å². The third kappa shape index (κ3) is 3500. The van der Waals surface area contributed by atoms with Crippen LogP contribution < -0.4 is 44.9 Å². The summed E-state index contributed by atoms with van der Waals surface area (Å²) in [6, 6.07) is 0. The molecular formula is C3H5CaMgNaO9. The van der Waals surface area contributed by atoms with E-state index in [-0.39, 0.29) is 93.2 Å². The van der Waals surface area contributed by atoms with E-state index in [2.05, 4.69) is 0 Å². The molecule has 0 saturated carbocycles. The minimum absolute atomic E-state index is 0. The summed E-state index contributed by atoms with van der Waals surface area (Å²) >= 11 is 0.